The lowest BCUT2D eigenvalue weighted by atomic mass is 10.1. The largest absolute Gasteiger partial charge is 0.261 e. The van der Waals surface area contributed by atoms with Crippen LogP contribution < -0.4 is 5.43 Å². The molecule has 0 aliphatic rings. The fraction of sp³-hybridized carbons (Fsp3) is 0. The minimum absolute atomic E-state index is 0.302. The maximum atomic E-state index is 13.3. The van der Waals surface area contributed by atoms with Crippen LogP contribution in [0.1, 0.15) is 5.56 Å². The first-order chi connectivity index (χ1) is 13.8. The van der Waals surface area contributed by atoms with Crippen LogP contribution in [0.5, 0.6) is 0 Å². The van der Waals surface area contributed by atoms with Crippen LogP contribution in [-0.2, 0) is 0 Å². The van der Waals surface area contributed by atoms with E-state index in [0.717, 1.165) is 16.8 Å². The average Bonchev–Trinajstić information content (AvgIpc) is 2.75. The van der Waals surface area contributed by atoms with Gasteiger partial charge in [0.2, 0.25) is 0 Å². The number of nitrogens with zero attached hydrogens (tertiary/aromatic N) is 3. The summed E-state index contributed by atoms with van der Waals surface area (Å²) in [6, 6.07) is 27.7. The maximum Gasteiger partial charge on any atom is 0.162 e. The summed E-state index contributed by atoms with van der Waals surface area (Å²) in [7, 11) is 0. The summed E-state index contributed by atoms with van der Waals surface area (Å²) in [6.45, 7) is 0. The van der Waals surface area contributed by atoms with E-state index in [1.807, 2.05) is 66.7 Å². The Labute approximate surface area is 162 Å². The van der Waals surface area contributed by atoms with E-state index in [4.69, 9.17) is 4.98 Å². The highest BCUT2D eigenvalue weighted by molar-refractivity contribution is 5.80. The first-order valence-electron chi connectivity index (χ1n) is 8.82. The van der Waals surface area contributed by atoms with Crippen molar-refractivity contribution in [2.45, 2.75) is 0 Å². The Balaban J connectivity index is 1.68. The molecule has 3 aromatic carbocycles. The summed E-state index contributed by atoms with van der Waals surface area (Å²) in [5, 5.41) is 4.19. The van der Waals surface area contributed by atoms with Crippen molar-refractivity contribution in [3.8, 4) is 22.6 Å². The van der Waals surface area contributed by atoms with Crippen molar-refractivity contribution in [1.29, 1.82) is 0 Å². The van der Waals surface area contributed by atoms with Crippen LogP contribution in [0.4, 0.5) is 10.2 Å². The molecule has 0 saturated carbocycles. The second-order valence-corrected chi connectivity index (χ2v) is 6.12. The average molecular weight is 368 g/mol. The third-order valence-electron chi connectivity index (χ3n) is 4.07. The van der Waals surface area contributed by atoms with Gasteiger partial charge in [0.25, 0.3) is 0 Å². The van der Waals surface area contributed by atoms with Crippen LogP contribution >= 0.6 is 0 Å². The lowest BCUT2D eigenvalue weighted by Gasteiger charge is -2.08. The molecule has 0 bridgehead atoms. The van der Waals surface area contributed by atoms with E-state index in [-0.39, 0.29) is 5.82 Å². The molecule has 0 aliphatic heterocycles. The normalized spacial score (nSPS) is 10.9. The number of rotatable bonds is 5. The number of hydrogen-bond donors (Lipinski definition) is 1. The van der Waals surface area contributed by atoms with E-state index in [9.17, 15) is 4.39 Å². The van der Waals surface area contributed by atoms with Gasteiger partial charge >= 0.3 is 0 Å². The third-order valence-corrected chi connectivity index (χ3v) is 4.07. The van der Waals surface area contributed by atoms with Crippen molar-refractivity contribution in [2.24, 2.45) is 5.10 Å². The van der Waals surface area contributed by atoms with Gasteiger partial charge in [-0.05, 0) is 17.7 Å². The van der Waals surface area contributed by atoms with Crippen LogP contribution in [-0.4, -0.2) is 16.2 Å². The van der Waals surface area contributed by atoms with Crippen molar-refractivity contribution in [1.82, 2.24) is 9.97 Å². The highest BCUT2D eigenvalue weighted by atomic mass is 19.1. The predicted octanol–water partition coefficient (Wildman–Crippen LogP) is 5.40. The van der Waals surface area contributed by atoms with Crippen molar-refractivity contribution in [3.05, 3.63) is 102 Å². The molecule has 0 atom stereocenters. The van der Waals surface area contributed by atoms with Gasteiger partial charge < -0.3 is 0 Å². The number of aromatic nitrogens is 2. The van der Waals surface area contributed by atoms with E-state index in [1.165, 1.54) is 12.1 Å². The van der Waals surface area contributed by atoms with Gasteiger partial charge in [-0.25, -0.2) is 14.4 Å². The highest BCUT2D eigenvalue weighted by Gasteiger charge is 2.08. The van der Waals surface area contributed by atoms with E-state index in [2.05, 4.69) is 15.5 Å². The van der Waals surface area contributed by atoms with Gasteiger partial charge in [0.05, 0.1) is 11.9 Å². The standard InChI is InChI=1S/C23H17FN4/c24-20-13-7-8-17(14-20)16-25-28-22-15-21(18-9-3-1-4-10-18)26-23(27-22)19-11-5-2-6-12-19/h1-16H,(H,26,27,28). The Bertz CT molecular complexity index is 1040. The van der Waals surface area contributed by atoms with Crippen molar-refractivity contribution in [3.63, 3.8) is 0 Å². The molecule has 1 N–H and O–H groups in total. The smallest absolute Gasteiger partial charge is 0.162 e. The zero-order valence-electron chi connectivity index (χ0n) is 15.0. The molecular formula is C23H17FN4. The first kappa shape index (κ1) is 17.5. The molecule has 136 valence electrons. The van der Waals surface area contributed by atoms with Gasteiger partial charge in [0, 0.05) is 17.2 Å². The molecule has 0 unspecified atom stereocenters. The van der Waals surface area contributed by atoms with E-state index in [1.54, 1.807) is 18.3 Å². The van der Waals surface area contributed by atoms with E-state index in [0.29, 0.717) is 17.2 Å². The van der Waals surface area contributed by atoms with Gasteiger partial charge in [-0.15, -0.1) is 0 Å². The van der Waals surface area contributed by atoms with Crippen LogP contribution in [0.3, 0.4) is 0 Å². The third kappa shape index (κ3) is 4.27. The van der Waals surface area contributed by atoms with Crippen LogP contribution in [0.25, 0.3) is 22.6 Å². The Kier molecular flexibility index (Phi) is 5.15. The minimum atomic E-state index is -0.302. The lowest BCUT2D eigenvalue weighted by molar-refractivity contribution is 0.627. The number of benzene rings is 3. The van der Waals surface area contributed by atoms with Gasteiger partial charge in [-0.2, -0.15) is 5.10 Å². The molecule has 0 radical (unpaired) electrons. The monoisotopic (exact) mass is 368 g/mol. The number of halogens is 1. The quantitative estimate of drug-likeness (QED) is 0.379. The SMILES string of the molecule is Fc1cccc(C=NNc2cc(-c3ccccc3)nc(-c3ccccc3)n2)c1. The molecule has 4 rings (SSSR count). The molecule has 1 heterocycles. The number of hydrazone groups is 1. The first-order valence-corrected chi connectivity index (χ1v) is 8.82. The molecule has 1 aromatic heterocycles. The zero-order valence-corrected chi connectivity index (χ0v) is 15.0. The molecule has 0 saturated heterocycles. The summed E-state index contributed by atoms with van der Waals surface area (Å²) in [5.41, 5.74) is 6.28. The second-order valence-electron chi connectivity index (χ2n) is 6.12. The molecule has 5 heteroatoms. The summed E-state index contributed by atoms with van der Waals surface area (Å²) in [4.78, 5) is 9.27. The van der Waals surface area contributed by atoms with Crippen molar-refractivity contribution < 1.29 is 4.39 Å². The molecule has 0 amide bonds. The molecule has 28 heavy (non-hydrogen) atoms. The maximum absolute atomic E-state index is 13.3. The van der Waals surface area contributed by atoms with Crippen molar-refractivity contribution >= 4 is 12.0 Å². The van der Waals surface area contributed by atoms with Crippen LogP contribution in [0, 0.1) is 5.82 Å². The predicted molar refractivity (Wildman–Crippen MR) is 111 cm³/mol. The molecule has 4 nitrogen and oxygen atoms in total. The molecule has 0 spiro atoms. The van der Waals surface area contributed by atoms with E-state index < -0.39 is 0 Å². The Morgan fingerprint density at radius 1 is 0.750 bits per heavy atom. The van der Waals surface area contributed by atoms with Gasteiger partial charge in [0.15, 0.2) is 11.6 Å². The fourth-order valence-electron chi connectivity index (χ4n) is 2.74. The summed E-state index contributed by atoms with van der Waals surface area (Å²) in [6.07, 6.45) is 1.55. The Morgan fingerprint density at radius 3 is 2.18 bits per heavy atom. The van der Waals surface area contributed by atoms with Gasteiger partial charge in [0.1, 0.15) is 5.82 Å². The minimum Gasteiger partial charge on any atom is -0.261 e. The molecular weight excluding hydrogens is 351 g/mol. The summed E-state index contributed by atoms with van der Waals surface area (Å²) < 4.78 is 13.3. The Hall–Kier alpha value is -3.86. The summed E-state index contributed by atoms with van der Waals surface area (Å²) in [5.74, 6) is 0.856. The van der Waals surface area contributed by atoms with Gasteiger partial charge in [-0.1, -0.05) is 72.8 Å². The summed E-state index contributed by atoms with van der Waals surface area (Å²) >= 11 is 0. The molecule has 0 aliphatic carbocycles. The van der Waals surface area contributed by atoms with E-state index >= 15 is 0 Å². The molecule has 0 fully saturated rings. The highest BCUT2D eigenvalue weighted by Crippen LogP contribution is 2.24. The molecule has 4 aromatic rings. The number of anilines is 1. The lowest BCUT2D eigenvalue weighted by Crippen LogP contribution is -1.99. The van der Waals surface area contributed by atoms with Crippen LogP contribution in [0.2, 0.25) is 0 Å². The zero-order chi connectivity index (χ0) is 19.2. The topological polar surface area (TPSA) is 50.2 Å². The second kappa shape index (κ2) is 8.22. The number of nitrogens with one attached hydrogen (secondary N) is 1. The van der Waals surface area contributed by atoms with Crippen LogP contribution in [0.15, 0.2) is 96.1 Å². The van der Waals surface area contributed by atoms with Gasteiger partial charge in [-0.3, -0.25) is 5.43 Å². The van der Waals surface area contributed by atoms with Crippen molar-refractivity contribution in [2.75, 3.05) is 5.43 Å². The number of hydrogen-bond acceptors (Lipinski definition) is 4. The Morgan fingerprint density at radius 2 is 1.46 bits per heavy atom. The fourth-order valence-corrected chi connectivity index (χ4v) is 2.74.